The van der Waals surface area contributed by atoms with Crippen LogP contribution < -0.4 is 5.32 Å². The average molecular weight is 442 g/mol. The third-order valence-corrected chi connectivity index (χ3v) is 6.24. The first-order valence-electron chi connectivity index (χ1n) is 9.72. The third kappa shape index (κ3) is 3.78. The minimum Gasteiger partial charge on any atom is -0.466 e. The molecular weight excluding hydrogens is 421 g/mol. The highest BCUT2D eigenvalue weighted by Gasteiger charge is 2.41. The van der Waals surface area contributed by atoms with E-state index >= 15 is 0 Å². The monoisotopic (exact) mass is 441 g/mol. The van der Waals surface area contributed by atoms with Crippen molar-refractivity contribution in [3.8, 4) is 0 Å². The Morgan fingerprint density at radius 2 is 1.77 bits per heavy atom. The van der Waals surface area contributed by atoms with E-state index < -0.39 is 11.9 Å². The van der Waals surface area contributed by atoms with E-state index in [-0.39, 0.29) is 11.7 Å². The van der Waals surface area contributed by atoms with E-state index in [2.05, 4.69) is 5.32 Å². The summed E-state index contributed by atoms with van der Waals surface area (Å²) in [5.41, 5.74) is 4.47. The molecule has 0 bridgehead atoms. The van der Waals surface area contributed by atoms with Gasteiger partial charge in [0, 0.05) is 39.4 Å². The van der Waals surface area contributed by atoms with Crippen molar-refractivity contribution in [3.63, 3.8) is 0 Å². The van der Waals surface area contributed by atoms with Gasteiger partial charge < -0.3 is 10.1 Å². The number of allylic oxidation sites excluding steroid dienone is 3. The number of ether oxygens (including phenoxy) is 1. The predicted molar refractivity (Wildman–Crippen MR) is 118 cm³/mol. The minimum atomic E-state index is -0.508. The van der Waals surface area contributed by atoms with Gasteiger partial charge in [-0.3, -0.25) is 4.79 Å². The summed E-state index contributed by atoms with van der Waals surface area (Å²) in [5.74, 6) is -0.897. The van der Waals surface area contributed by atoms with Crippen molar-refractivity contribution in [1.29, 1.82) is 0 Å². The molecule has 1 heterocycles. The minimum absolute atomic E-state index is 0.0163. The van der Waals surface area contributed by atoms with Crippen LogP contribution in [0.15, 0.2) is 71.1 Å². The van der Waals surface area contributed by atoms with Gasteiger partial charge in [0.2, 0.25) is 0 Å². The van der Waals surface area contributed by atoms with Gasteiger partial charge >= 0.3 is 5.97 Å². The normalized spacial score (nSPS) is 21.3. The van der Waals surface area contributed by atoms with Crippen LogP contribution in [0.4, 0.5) is 0 Å². The highest BCUT2D eigenvalue weighted by atomic mass is 35.5. The van der Waals surface area contributed by atoms with Crippen LogP contribution in [-0.2, 0) is 14.3 Å². The summed E-state index contributed by atoms with van der Waals surface area (Å²) in [4.78, 5) is 26.0. The number of benzene rings is 2. The first kappa shape index (κ1) is 20.7. The van der Waals surface area contributed by atoms with Gasteiger partial charge in [0.1, 0.15) is 0 Å². The van der Waals surface area contributed by atoms with Crippen molar-refractivity contribution < 1.29 is 14.3 Å². The van der Waals surface area contributed by atoms with Gasteiger partial charge in [-0.15, -0.1) is 0 Å². The second-order valence-corrected chi connectivity index (χ2v) is 8.49. The van der Waals surface area contributed by atoms with E-state index in [4.69, 9.17) is 27.9 Å². The molecule has 0 saturated heterocycles. The maximum Gasteiger partial charge on any atom is 0.336 e. The largest absolute Gasteiger partial charge is 0.466 e. The number of hydrogen-bond acceptors (Lipinski definition) is 4. The fourth-order valence-electron chi connectivity index (χ4n) is 4.41. The molecule has 0 fully saturated rings. The molecular formula is C24H21Cl2NO3. The Bertz CT molecular complexity index is 1090. The first-order valence-corrected chi connectivity index (χ1v) is 10.5. The molecule has 2 atom stereocenters. The number of halogens is 2. The Hall–Kier alpha value is -2.56. The van der Waals surface area contributed by atoms with Gasteiger partial charge in [-0.25, -0.2) is 4.79 Å². The fraction of sp³-hybridized carbons (Fsp3) is 0.250. The summed E-state index contributed by atoms with van der Waals surface area (Å²) < 4.78 is 5.04. The van der Waals surface area contributed by atoms with Crippen LogP contribution in [0.3, 0.4) is 0 Å². The molecule has 0 saturated carbocycles. The number of dihydropyridines is 1. The molecule has 1 aliphatic carbocycles. The molecule has 2 aliphatic rings. The van der Waals surface area contributed by atoms with Crippen LogP contribution >= 0.6 is 23.2 Å². The standard InChI is InChI=1S/C24H21Cl2NO3/c1-13-21(24(29)30-2)22(15-4-3-5-18(26)10-15)23-19(27-13)11-16(12-20(23)28)14-6-8-17(25)9-7-14/h3-10,16,22,27H,11-12H2,1-2H3/t16-,22-/m0/s1. The molecule has 30 heavy (non-hydrogen) atoms. The number of Topliss-reactive ketones (excluding diaryl/α,β-unsaturated/α-hetero) is 1. The van der Waals surface area contributed by atoms with Crippen LogP contribution in [0.2, 0.25) is 10.0 Å². The van der Waals surface area contributed by atoms with Crippen LogP contribution in [0.5, 0.6) is 0 Å². The van der Waals surface area contributed by atoms with Crippen molar-refractivity contribution in [2.75, 3.05) is 7.11 Å². The smallest absolute Gasteiger partial charge is 0.336 e. The van der Waals surface area contributed by atoms with Crippen LogP contribution in [0, 0.1) is 0 Å². The lowest BCUT2D eigenvalue weighted by molar-refractivity contribution is -0.136. The molecule has 0 spiro atoms. The number of carbonyl (C=O) groups excluding carboxylic acids is 2. The fourth-order valence-corrected chi connectivity index (χ4v) is 4.73. The van der Waals surface area contributed by atoms with Crippen molar-refractivity contribution in [1.82, 2.24) is 5.32 Å². The number of carbonyl (C=O) groups is 2. The van der Waals surface area contributed by atoms with Gasteiger partial charge in [-0.1, -0.05) is 47.5 Å². The lowest BCUT2D eigenvalue weighted by atomic mass is 9.72. The molecule has 1 aliphatic heterocycles. The molecule has 154 valence electrons. The molecule has 0 amide bonds. The van der Waals surface area contributed by atoms with Gasteiger partial charge in [-0.05, 0) is 54.7 Å². The Labute approximate surface area is 185 Å². The van der Waals surface area contributed by atoms with E-state index in [0.717, 1.165) is 16.8 Å². The Morgan fingerprint density at radius 3 is 2.43 bits per heavy atom. The number of methoxy groups -OCH3 is 1. The summed E-state index contributed by atoms with van der Waals surface area (Å²) in [7, 11) is 1.35. The van der Waals surface area contributed by atoms with Crippen molar-refractivity contribution >= 4 is 35.0 Å². The number of ketones is 1. The van der Waals surface area contributed by atoms with E-state index in [1.165, 1.54) is 7.11 Å². The molecule has 0 unspecified atom stereocenters. The topological polar surface area (TPSA) is 55.4 Å². The maximum absolute atomic E-state index is 13.4. The highest BCUT2D eigenvalue weighted by molar-refractivity contribution is 6.30. The zero-order chi connectivity index (χ0) is 21.4. The molecule has 2 aromatic carbocycles. The molecule has 4 rings (SSSR count). The lowest BCUT2D eigenvalue weighted by Gasteiger charge is -2.36. The van der Waals surface area contributed by atoms with Crippen molar-refractivity contribution in [2.45, 2.75) is 31.6 Å². The van der Waals surface area contributed by atoms with Gasteiger partial charge in [0.25, 0.3) is 0 Å². The van der Waals surface area contributed by atoms with E-state index in [0.29, 0.717) is 39.7 Å². The van der Waals surface area contributed by atoms with Crippen LogP contribution in [0.1, 0.15) is 42.7 Å². The third-order valence-electron chi connectivity index (χ3n) is 5.76. The van der Waals surface area contributed by atoms with Gasteiger partial charge in [0.05, 0.1) is 12.7 Å². The summed E-state index contributed by atoms with van der Waals surface area (Å²) in [5, 5.41) is 4.54. The summed E-state index contributed by atoms with van der Waals surface area (Å²) in [6.07, 6.45) is 1.04. The second-order valence-electron chi connectivity index (χ2n) is 7.62. The Balaban J connectivity index is 1.80. The Morgan fingerprint density at radius 1 is 1.03 bits per heavy atom. The molecule has 6 heteroatoms. The van der Waals surface area contributed by atoms with Crippen LogP contribution in [0.25, 0.3) is 0 Å². The van der Waals surface area contributed by atoms with Crippen LogP contribution in [-0.4, -0.2) is 18.9 Å². The number of esters is 1. The van der Waals surface area contributed by atoms with Gasteiger partial charge in [-0.2, -0.15) is 0 Å². The van der Waals surface area contributed by atoms with E-state index in [1.54, 1.807) is 12.1 Å². The summed E-state index contributed by atoms with van der Waals surface area (Å²) in [6, 6.07) is 14.9. The highest BCUT2D eigenvalue weighted by Crippen LogP contribution is 2.46. The quantitative estimate of drug-likeness (QED) is 0.636. The molecule has 0 aromatic heterocycles. The SMILES string of the molecule is COC(=O)C1=C(C)NC2=C(C(=O)C[C@@H](c3ccc(Cl)cc3)C2)[C@H]1c1cccc(Cl)c1. The molecule has 2 aromatic rings. The molecule has 1 N–H and O–H groups in total. The summed E-state index contributed by atoms with van der Waals surface area (Å²) in [6.45, 7) is 1.84. The van der Waals surface area contributed by atoms with Crippen molar-refractivity contribution in [2.24, 2.45) is 0 Å². The molecule has 0 radical (unpaired) electrons. The zero-order valence-corrected chi connectivity index (χ0v) is 18.2. The number of rotatable bonds is 3. The summed E-state index contributed by atoms with van der Waals surface area (Å²) >= 11 is 12.2. The lowest BCUT2D eigenvalue weighted by Crippen LogP contribution is -2.36. The van der Waals surface area contributed by atoms with E-state index in [1.807, 2.05) is 43.3 Å². The number of nitrogens with one attached hydrogen (secondary N) is 1. The predicted octanol–water partition coefficient (Wildman–Crippen LogP) is 5.53. The van der Waals surface area contributed by atoms with Crippen molar-refractivity contribution in [3.05, 3.63) is 92.2 Å². The maximum atomic E-state index is 13.4. The van der Waals surface area contributed by atoms with E-state index in [9.17, 15) is 9.59 Å². The second kappa shape index (κ2) is 8.29. The Kier molecular flexibility index (Phi) is 5.72. The van der Waals surface area contributed by atoms with Gasteiger partial charge in [0.15, 0.2) is 5.78 Å². The first-order chi connectivity index (χ1) is 14.4. The average Bonchev–Trinajstić information content (AvgIpc) is 2.72. The zero-order valence-electron chi connectivity index (χ0n) is 16.7. The number of hydrogen-bond donors (Lipinski definition) is 1. The molecule has 4 nitrogen and oxygen atoms in total.